The third kappa shape index (κ3) is 5.59. The highest BCUT2D eigenvalue weighted by atomic mass is 32.1. The Kier molecular flexibility index (Phi) is 6.72. The van der Waals surface area contributed by atoms with Crippen LogP contribution >= 0.6 is 12.2 Å². The molecule has 1 saturated carbocycles. The molecule has 8 heteroatoms. The van der Waals surface area contributed by atoms with Gasteiger partial charge in [0.25, 0.3) is 0 Å². The van der Waals surface area contributed by atoms with Crippen molar-refractivity contribution in [1.82, 2.24) is 0 Å². The summed E-state index contributed by atoms with van der Waals surface area (Å²) < 4.78 is 39.8. The van der Waals surface area contributed by atoms with Crippen molar-refractivity contribution < 1.29 is 27.8 Å². The van der Waals surface area contributed by atoms with Crippen LogP contribution in [0.1, 0.15) is 19.3 Å². The minimum Gasteiger partial charge on any atom is -0.489 e. The summed E-state index contributed by atoms with van der Waals surface area (Å²) in [7, 11) is 1.31. The lowest BCUT2D eigenvalue weighted by molar-refractivity contribution is -0.140. The molecule has 0 amide bonds. The summed E-state index contributed by atoms with van der Waals surface area (Å²) in [6.07, 6.45) is 2.31. The number of alkyl halides is 2. The molecular formula is C16H19F2NO4S. The van der Waals surface area contributed by atoms with Crippen LogP contribution in [0.3, 0.4) is 0 Å². The summed E-state index contributed by atoms with van der Waals surface area (Å²) >= 11 is 4.96. The van der Waals surface area contributed by atoms with Gasteiger partial charge in [-0.1, -0.05) is 12.2 Å². The smallest absolute Gasteiger partial charge is 0.387 e. The Labute approximate surface area is 144 Å². The first-order chi connectivity index (χ1) is 11.5. The van der Waals surface area contributed by atoms with E-state index in [-0.39, 0.29) is 23.9 Å². The lowest BCUT2D eigenvalue weighted by Crippen LogP contribution is -2.24. The molecule has 1 fully saturated rings. The van der Waals surface area contributed by atoms with Gasteiger partial charge in [0.1, 0.15) is 0 Å². The largest absolute Gasteiger partial charge is 0.489 e. The van der Waals surface area contributed by atoms with Gasteiger partial charge in [-0.25, -0.2) is 0 Å². The van der Waals surface area contributed by atoms with Gasteiger partial charge in [-0.3, -0.25) is 4.79 Å². The topological polar surface area (TPSA) is 48.0 Å². The molecule has 24 heavy (non-hydrogen) atoms. The van der Waals surface area contributed by atoms with Crippen molar-refractivity contribution in [1.29, 1.82) is 0 Å². The molecule has 2 rings (SSSR count). The van der Waals surface area contributed by atoms with Gasteiger partial charge in [-0.05, 0) is 30.9 Å². The van der Waals surface area contributed by atoms with Crippen LogP contribution in [0.15, 0.2) is 18.2 Å². The Bertz CT molecular complexity index is 581. The number of halogens is 2. The molecule has 0 bridgehead atoms. The molecule has 132 valence electrons. The first kappa shape index (κ1) is 18.4. The Morgan fingerprint density at radius 1 is 1.42 bits per heavy atom. The predicted molar refractivity (Wildman–Crippen MR) is 88.9 cm³/mol. The lowest BCUT2D eigenvalue weighted by Gasteiger charge is -2.21. The van der Waals surface area contributed by atoms with Crippen LogP contribution < -0.4 is 14.4 Å². The van der Waals surface area contributed by atoms with Crippen molar-refractivity contribution in [2.24, 2.45) is 5.92 Å². The number of rotatable bonds is 10. The molecule has 0 spiro atoms. The zero-order valence-corrected chi connectivity index (χ0v) is 14.1. The molecule has 0 aliphatic heterocycles. The molecule has 0 saturated heterocycles. The second-order valence-electron chi connectivity index (χ2n) is 5.39. The van der Waals surface area contributed by atoms with Crippen molar-refractivity contribution in [2.75, 3.05) is 25.2 Å². The predicted octanol–water partition coefficient (Wildman–Crippen LogP) is 3.40. The maximum atomic E-state index is 12.5. The van der Waals surface area contributed by atoms with E-state index in [1.165, 1.54) is 18.7 Å². The summed E-state index contributed by atoms with van der Waals surface area (Å²) in [5.41, 5.74) is 2.01. The summed E-state index contributed by atoms with van der Waals surface area (Å²) in [5.74, 6) is 0.319. The van der Waals surface area contributed by atoms with Gasteiger partial charge < -0.3 is 19.1 Å². The molecule has 0 aromatic heterocycles. The van der Waals surface area contributed by atoms with Crippen LogP contribution in [0.5, 0.6) is 11.5 Å². The van der Waals surface area contributed by atoms with E-state index in [1.54, 1.807) is 17.0 Å². The summed E-state index contributed by atoms with van der Waals surface area (Å²) in [6, 6.07) is 4.58. The van der Waals surface area contributed by atoms with Crippen LogP contribution in [-0.2, 0) is 9.53 Å². The van der Waals surface area contributed by atoms with E-state index in [4.69, 9.17) is 17.0 Å². The normalized spacial score (nSPS) is 13.5. The van der Waals surface area contributed by atoms with Crippen molar-refractivity contribution in [3.63, 3.8) is 0 Å². The fourth-order valence-electron chi connectivity index (χ4n) is 2.03. The summed E-state index contributed by atoms with van der Waals surface area (Å²) in [6.45, 7) is -2.16. The number of hydrogen-bond donors (Lipinski definition) is 0. The third-order valence-corrected chi connectivity index (χ3v) is 3.81. The number of ether oxygens (including phenoxy) is 3. The second kappa shape index (κ2) is 8.77. The molecule has 1 aliphatic rings. The average molecular weight is 359 g/mol. The molecule has 1 aliphatic carbocycles. The number of esters is 1. The molecule has 0 N–H and O–H groups in total. The number of carbonyl (C=O) groups excluding carboxylic acids is 1. The highest BCUT2D eigenvalue weighted by Crippen LogP contribution is 2.36. The van der Waals surface area contributed by atoms with E-state index in [0.717, 1.165) is 12.8 Å². The molecule has 5 nitrogen and oxygen atoms in total. The maximum absolute atomic E-state index is 12.5. The first-order valence-corrected chi connectivity index (χ1v) is 8.01. The van der Waals surface area contributed by atoms with E-state index in [1.807, 2.05) is 0 Å². The summed E-state index contributed by atoms with van der Waals surface area (Å²) in [5, 5.41) is 0. The average Bonchev–Trinajstić information content (AvgIpc) is 3.38. The van der Waals surface area contributed by atoms with Gasteiger partial charge in [0.05, 0.1) is 25.6 Å². The van der Waals surface area contributed by atoms with Crippen LogP contribution in [-0.4, -0.2) is 38.3 Å². The van der Waals surface area contributed by atoms with Crippen LogP contribution in [0.4, 0.5) is 14.5 Å². The van der Waals surface area contributed by atoms with Gasteiger partial charge in [0.15, 0.2) is 11.5 Å². The number of methoxy groups -OCH3 is 1. The third-order valence-electron chi connectivity index (χ3n) is 3.56. The van der Waals surface area contributed by atoms with Crippen molar-refractivity contribution in [3.05, 3.63) is 18.2 Å². The number of hydrogen-bond acceptors (Lipinski definition) is 5. The fourth-order valence-corrected chi connectivity index (χ4v) is 2.26. The number of carbonyl (C=O) groups is 1. The monoisotopic (exact) mass is 359 g/mol. The van der Waals surface area contributed by atoms with E-state index in [0.29, 0.717) is 24.8 Å². The van der Waals surface area contributed by atoms with Gasteiger partial charge in [-0.15, -0.1) is 0 Å². The quantitative estimate of drug-likeness (QED) is 0.471. The molecule has 0 heterocycles. The number of nitrogens with zero attached hydrogens (tertiary/aromatic N) is 1. The SMILES string of the molecule is COC(=O)CCN(C=S)c1ccc(OC(F)F)c(OCC2CC2)c1. The van der Waals surface area contributed by atoms with E-state index in [9.17, 15) is 13.6 Å². The highest BCUT2D eigenvalue weighted by Gasteiger charge is 2.23. The van der Waals surface area contributed by atoms with Crippen LogP contribution in [0.2, 0.25) is 0 Å². The molecule has 1 aromatic rings. The standard InChI is InChI=1S/C16H19F2NO4S/c1-21-15(20)6-7-19(10-24)12-4-5-13(23-16(17)18)14(8-12)22-9-11-2-3-11/h4-5,8,10-11,16H,2-3,6-7,9H2,1H3. The zero-order valence-electron chi connectivity index (χ0n) is 13.2. The van der Waals surface area contributed by atoms with Gasteiger partial charge in [0, 0.05) is 18.3 Å². The number of benzene rings is 1. The number of anilines is 1. The van der Waals surface area contributed by atoms with Crippen molar-refractivity contribution in [2.45, 2.75) is 25.9 Å². The maximum Gasteiger partial charge on any atom is 0.387 e. The van der Waals surface area contributed by atoms with E-state index in [2.05, 4.69) is 9.47 Å². The van der Waals surface area contributed by atoms with Crippen LogP contribution in [0, 0.1) is 5.92 Å². The molecule has 1 aromatic carbocycles. The molecular weight excluding hydrogens is 340 g/mol. The van der Waals surface area contributed by atoms with E-state index >= 15 is 0 Å². The Morgan fingerprint density at radius 2 is 2.17 bits per heavy atom. The highest BCUT2D eigenvalue weighted by molar-refractivity contribution is 7.79. The minimum absolute atomic E-state index is 0.0216. The van der Waals surface area contributed by atoms with Gasteiger partial charge in [0.2, 0.25) is 0 Å². The van der Waals surface area contributed by atoms with Crippen LogP contribution in [0.25, 0.3) is 0 Å². The number of thiocarbonyl (C=S) groups is 1. The Balaban J connectivity index is 2.13. The molecule has 0 radical (unpaired) electrons. The first-order valence-electron chi connectivity index (χ1n) is 7.54. The van der Waals surface area contributed by atoms with Crippen molar-refractivity contribution >= 4 is 29.4 Å². The minimum atomic E-state index is -2.93. The summed E-state index contributed by atoms with van der Waals surface area (Å²) in [4.78, 5) is 12.9. The second-order valence-corrected chi connectivity index (χ2v) is 5.60. The fraction of sp³-hybridized carbons (Fsp3) is 0.500. The van der Waals surface area contributed by atoms with Gasteiger partial charge >= 0.3 is 12.6 Å². The zero-order chi connectivity index (χ0) is 17.5. The lowest BCUT2D eigenvalue weighted by atomic mass is 10.2. The van der Waals surface area contributed by atoms with E-state index < -0.39 is 6.61 Å². The van der Waals surface area contributed by atoms with Crippen molar-refractivity contribution in [3.8, 4) is 11.5 Å². The Morgan fingerprint density at radius 3 is 2.75 bits per heavy atom. The van der Waals surface area contributed by atoms with Gasteiger partial charge in [-0.2, -0.15) is 8.78 Å². The molecule has 0 atom stereocenters. The molecule has 0 unspecified atom stereocenters. The Hall–Kier alpha value is -1.96.